The lowest BCUT2D eigenvalue weighted by molar-refractivity contribution is 0.0722. The zero-order valence-electron chi connectivity index (χ0n) is 13.4. The summed E-state index contributed by atoms with van der Waals surface area (Å²) < 4.78 is 19.8. The number of nitrogens with zero attached hydrogens (tertiary/aromatic N) is 3. The maximum atomic E-state index is 13.0. The Hall–Kier alpha value is -3.02. The lowest BCUT2D eigenvalue weighted by Gasteiger charge is -2.03. The van der Waals surface area contributed by atoms with Gasteiger partial charge in [-0.05, 0) is 55.3 Å². The second-order valence-corrected chi connectivity index (χ2v) is 5.26. The Morgan fingerprint density at radius 1 is 1.12 bits per heavy atom. The molecule has 0 radical (unpaired) electrons. The smallest absolute Gasteiger partial charge is 0.383 e. The molecule has 2 aromatic carbocycles. The Kier molecular flexibility index (Phi) is 4.37. The molecule has 0 spiro atoms. The molecular formula is C18H16FN3O2. The maximum absolute atomic E-state index is 13.0. The van der Waals surface area contributed by atoms with Crippen LogP contribution in [0.15, 0.2) is 48.5 Å². The SMILES string of the molecule is CCc1ccc(OC(=O)c2nc(C)n(-c3ccc(F)cc3)n2)cc1. The molecule has 0 unspecified atom stereocenters. The fourth-order valence-corrected chi connectivity index (χ4v) is 2.25. The molecule has 0 aliphatic heterocycles. The van der Waals surface area contributed by atoms with Crippen LogP contribution in [0.4, 0.5) is 4.39 Å². The number of benzene rings is 2. The van der Waals surface area contributed by atoms with Crippen LogP contribution in [0.2, 0.25) is 0 Å². The average Bonchev–Trinajstić information content (AvgIpc) is 2.98. The zero-order chi connectivity index (χ0) is 17.1. The van der Waals surface area contributed by atoms with Gasteiger partial charge >= 0.3 is 5.97 Å². The van der Waals surface area contributed by atoms with E-state index in [2.05, 4.69) is 17.0 Å². The number of carbonyl (C=O) groups excluding carboxylic acids is 1. The molecule has 0 saturated heterocycles. The molecule has 0 aliphatic carbocycles. The summed E-state index contributed by atoms with van der Waals surface area (Å²) in [6, 6.07) is 13.1. The van der Waals surface area contributed by atoms with E-state index in [-0.39, 0.29) is 11.6 Å². The first-order chi connectivity index (χ1) is 11.6. The van der Waals surface area contributed by atoms with Gasteiger partial charge in [0, 0.05) is 0 Å². The van der Waals surface area contributed by atoms with E-state index in [4.69, 9.17) is 4.74 Å². The largest absolute Gasteiger partial charge is 0.421 e. The third-order valence-corrected chi connectivity index (χ3v) is 3.56. The lowest BCUT2D eigenvalue weighted by Crippen LogP contribution is -2.11. The third-order valence-electron chi connectivity index (χ3n) is 3.56. The van der Waals surface area contributed by atoms with Crippen LogP contribution in [-0.2, 0) is 6.42 Å². The molecule has 1 heterocycles. The van der Waals surface area contributed by atoms with Gasteiger partial charge in [0.1, 0.15) is 17.4 Å². The molecule has 0 bridgehead atoms. The van der Waals surface area contributed by atoms with Crippen molar-refractivity contribution in [3.05, 3.63) is 71.6 Å². The molecular weight excluding hydrogens is 309 g/mol. The third kappa shape index (κ3) is 3.32. The van der Waals surface area contributed by atoms with Gasteiger partial charge in [0.2, 0.25) is 0 Å². The summed E-state index contributed by atoms with van der Waals surface area (Å²) in [5.74, 6) is -0.0749. The van der Waals surface area contributed by atoms with Gasteiger partial charge in [-0.25, -0.2) is 18.9 Å². The molecule has 0 N–H and O–H groups in total. The quantitative estimate of drug-likeness (QED) is 0.544. The second-order valence-electron chi connectivity index (χ2n) is 5.26. The van der Waals surface area contributed by atoms with Gasteiger partial charge in [0.25, 0.3) is 5.82 Å². The molecule has 122 valence electrons. The highest BCUT2D eigenvalue weighted by molar-refractivity contribution is 5.87. The van der Waals surface area contributed by atoms with E-state index in [1.807, 2.05) is 12.1 Å². The number of esters is 1. The van der Waals surface area contributed by atoms with E-state index >= 15 is 0 Å². The van der Waals surface area contributed by atoms with Crippen molar-refractivity contribution in [2.75, 3.05) is 0 Å². The van der Waals surface area contributed by atoms with Gasteiger partial charge in [-0.2, -0.15) is 0 Å². The molecule has 24 heavy (non-hydrogen) atoms. The molecule has 1 aromatic heterocycles. The molecule has 0 saturated carbocycles. The summed E-state index contributed by atoms with van der Waals surface area (Å²) in [5, 5.41) is 4.15. The van der Waals surface area contributed by atoms with Gasteiger partial charge in [0.15, 0.2) is 0 Å². The first kappa shape index (κ1) is 15.9. The van der Waals surface area contributed by atoms with Crippen molar-refractivity contribution in [2.45, 2.75) is 20.3 Å². The highest BCUT2D eigenvalue weighted by Gasteiger charge is 2.17. The highest BCUT2D eigenvalue weighted by atomic mass is 19.1. The molecule has 3 rings (SSSR count). The summed E-state index contributed by atoms with van der Waals surface area (Å²) in [5.41, 5.74) is 1.78. The van der Waals surface area contributed by atoms with Crippen LogP contribution in [0.25, 0.3) is 5.69 Å². The number of halogens is 1. The summed E-state index contributed by atoms with van der Waals surface area (Å²) in [7, 11) is 0. The van der Waals surface area contributed by atoms with E-state index in [9.17, 15) is 9.18 Å². The Balaban J connectivity index is 1.80. The second kappa shape index (κ2) is 6.62. The molecule has 0 atom stereocenters. The Morgan fingerprint density at radius 3 is 2.42 bits per heavy atom. The highest BCUT2D eigenvalue weighted by Crippen LogP contribution is 2.15. The van der Waals surface area contributed by atoms with Gasteiger partial charge < -0.3 is 4.74 Å². The van der Waals surface area contributed by atoms with E-state index < -0.39 is 5.97 Å². The minimum Gasteiger partial charge on any atom is -0.421 e. The Labute approximate surface area is 138 Å². The van der Waals surface area contributed by atoms with Gasteiger partial charge in [-0.15, -0.1) is 5.10 Å². The first-order valence-corrected chi connectivity index (χ1v) is 7.57. The van der Waals surface area contributed by atoms with Gasteiger partial charge in [-0.1, -0.05) is 19.1 Å². The minimum atomic E-state index is -0.636. The van der Waals surface area contributed by atoms with Crippen LogP contribution in [-0.4, -0.2) is 20.7 Å². The minimum absolute atomic E-state index is 0.0450. The number of hydrogen-bond acceptors (Lipinski definition) is 4. The summed E-state index contributed by atoms with van der Waals surface area (Å²) in [6.45, 7) is 3.76. The van der Waals surface area contributed by atoms with E-state index in [0.717, 1.165) is 12.0 Å². The zero-order valence-corrected chi connectivity index (χ0v) is 13.4. The molecule has 6 heteroatoms. The van der Waals surface area contributed by atoms with Gasteiger partial charge in [0.05, 0.1) is 5.69 Å². The van der Waals surface area contributed by atoms with Crippen molar-refractivity contribution in [3.8, 4) is 11.4 Å². The maximum Gasteiger partial charge on any atom is 0.383 e. The number of ether oxygens (including phenoxy) is 1. The van der Waals surface area contributed by atoms with Crippen molar-refractivity contribution in [3.63, 3.8) is 0 Å². The van der Waals surface area contributed by atoms with Crippen LogP contribution in [0.3, 0.4) is 0 Å². The number of hydrogen-bond donors (Lipinski definition) is 0. The summed E-state index contributed by atoms with van der Waals surface area (Å²) in [4.78, 5) is 16.3. The van der Waals surface area contributed by atoms with Crippen LogP contribution >= 0.6 is 0 Å². The summed E-state index contributed by atoms with van der Waals surface area (Å²) in [6.07, 6.45) is 0.914. The van der Waals surface area contributed by atoms with Crippen molar-refractivity contribution in [1.82, 2.24) is 14.8 Å². The Morgan fingerprint density at radius 2 is 1.79 bits per heavy atom. The predicted octanol–water partition coefficient (Wildman–Crippen LogP) is 3.50. The van der Waals surface area contributed by atoms with Crippen LogP contribution < -0.4 is 4.74 Å². The fraction of sp³-hybridized carbons (Fsp3) is 0.167. The van der Waals surface area contributed by atoms with Crippen LogP contribution in [0.5, 0.6) is 5.75 Å². The van der Waals surface area contributed by atoms with E-state index in [1.165, 1.54) is 16.8 Å². The van der Waals surface area contributed by atoms with E-state index in [1.54, 1.807) is 31.2 Å². The molecule has 0 fully saturated rings. The lowest BCUT2D eigenvalue weighted by atomic mass is 10.2. The fourth-order valence-electron chi connectivity index (χ4n) is 2.25. The first-order valence-electron chi connectivity index (χ1n) is 7.57. The molecule has 3 aromatic rings. The average molecular weight is 325 g/mol. The number of carbonyl (C=O) groups is 1. The van der Waals surface area contributed by atoms with Crippen molar-refractivity contribution < 1.29 is 13.9 Å². The summed E-state index contributed by atoms with van der Waals surface area (Å²) >= 11 is 0. The predicted molar refractivity (Wildman–Crippen MR) is 86.8 cm³/mol. The monoisotopic (exact) mass is 325 g/mol. The molecule has 0 aliphatic rings. The number of rotatable bonds is 4. The standard InChI is InChI=1S/C18H16FN3O2/c1-3-13-4-10-16(11-5-13)24-18(23)17-20-12(2)22(21-17)15-8-6-14(19)7-9-15/h4-11H,3H2,1-2H3. The van der Waals surface area contributed by atoms with Crippen molar-refractivity contribution in [1.29, 1.82) is 0 Å². The normalized spacial score (nSPS) is 10.6. The molecule has 0 amide bonds. The number of aromatic nitrogens is 3. The Bertz CT molecular complexity index is 855. The van der Waals surface area contributed by atoms with Gasteiger partial charge in [-0.3, -0.25) is 0 Å². The van der Waals surface area contributed by atoms with Crippen LogP contribution in [0, 0.1) is 12.7 Å². The van der Waals surface area contributed by atoms with Crippen LogP contribution in [0.1, 0.15) is 28.9 Å². The number of aryl methyl sites for hydroxylation is 2. The molecule has 5 nitrogen and oxygen atoms in total. The van der Waals surface area contributed by atoms with Crippen molar-refractivity contribution in [2.24, 2.45) is 0 Å². The van der Waals surface area contributed by atoms with Crippen molar-refractivity contribution >= 4 is 5.97 Å². The van der Waals surface area contributed by atoms with E-state index in [0.29, 0.717) is 17.3 Å². The topological polar surface area (TPSA) is 57.0 Å².